The van der Waals surface area contributed by atoms with E-state index in [2.05, 4.69) is 5.32 Å². The maximum atomic E-state index is 12.9. The minimum absolute atomic E-state index is 0.175. The first-order valence-electron chi connectivity index (χ1n) is 4.94. The van der Waals surface area contributed by atoms with Crippen LogP contribution >= 0.6 is 0 Å². The van der Waals surface area contributed by atoms with E-state index >= 15 is 0 Å². The lowest BCUT2D eigenvalue weighted by Crippen LogP contribution is -2.30. The topological polar surface area (TPSA) is 46.2 Å². The van der Waals surface area contributed by atoms with Crippen molar-refractivity contribution in [2.45, 2.75) is 23.1 Å². The molecule has 1 N–H and O–H groups in total. The minimum Gasteiger partial charge on any atom is -0.301 e. The fourth-order valence-electron chi connectivity index (χ4n) is 1.74. The van der Waals surface area contributed by atoms with E-state index in [1.165, 1.54) is 0 Å². The summed E-state index contributed by atoms with van der Waals surface area (Å²) in [6, 6.07) is 2.65. The van der Waals surface area contributed by atoms with Crippen LogP contribution in [0.25, 0.3) is 0 Å². The molecule has 1 unspecified atom stereocenters. The molecule has 0 aliphatic carbocycles. The third-order valence-corrected chi connectivity index (χ3v) is 4.67. The van der Waals surface area contributed by atoms with E-state index in [9.17, 15) is 17.2 Å². The molecule has 3 nitrogen and oxygen atoms in total. The first-order chi connectivity index (χ1) is 7.51. The molecule has 1 fully saturated rings. The number of sulfone groups is 1. The maximum Gasteiger partial charge on any atom is 0.194 e. The van der Waals surface area contributed by atoms with E-state index in [0.29, 0.717) is 13.0 Å². The van der Waals surface area contributed by atoms with Crippen molar-refractivity contribution in [2.24, 2.45) is 0 Å². The molecule has 1 aromatic rings. The quantitative estimate of drug-likeness (QED) is 0.804. The fraction of sp³-hybridized carbons (Fsp3) is 0.400. The zero-order valence-electron chi connectivity index (χ0n) is 8.41. The van der Waals surface area contributed by atoms with Crippen molar-refractivity contribution < 1.29 is 17.2 Å². The van der Waals surface area contributed by atoms with E-state index < -0.39 is 26.8 Å². The van der Waals surface area contributed by atoms with Gasteiger partial charge >= 0.3 is 0 Å². The largest absolute Gasteiger partial charge is 0.301 e. The third-order valence-electron chi connectivity index (χ3n) is 2.61. The van der Waals surface area contributed by atoms with Crippen LogP contribution in [0.1, 0.15) is 12.8 Å². The second kappa shape index (κ2) is 4.10. The summed E-state index contributed by atoms with van der Waals surface area (Å²) in [4.78, 5) is -0.175. The lowest BCUT2D eigenvalue weighted by atomic mass is 10.3. The second-order valence-electron chi connectivity index (χ2n) is 3.71. The molecule has 0 aromatic heterocycles. The third kappa shape index (κ3) is 1.94. The van der Waals surface area contributed by atoms with Crippen LogP contribution in [0.3, 0.4) is 0 Å². The predicted octanol–water partition coefficient (Wildman–Crippen LogP) is 1.45. The summed E-state index contributed by atoms with van der Waals surface area (Å²) in [7, 11) is -3.60. The maximum absolute atomic E-state index is 12.9. The molecule has 0 saturated carbocycles. The monoisotopic (exact) mass is 247 g/mol. The number of hydrogen-bond donors (Lipinski definition) is 1. The Hall–Kier alpha value is -1.01. The van der Waals surface area contributed by atoms with E-state index in [-0.39, 0.29) is 4.90 Å². The smallest absolute Gasteiger partial charge is 0.194 e. The van der Waals surface area contributed by atoms with Crippen LogP contribution in [0.5, 0.6) is 0 Å². The molecule has 1 aliphatic heterocycles. The van der Waals surface area contributed by atoms with Crippen molar-refractivity contribution in [3.05, 3.63) is 29.8 Å². The van der Waals surface area contributed by atoms with Crippen molar-refractivity contribution in [3.63, 3.8) is 0 Å². The Kier molecular flexibility index (Phi) is 2.94. The van der Waals surface area contributed by atoms with Crippen LogP contribution in [0.15, 0.2) is 23.1 Å². The Morgan fingerprint density at radius 2 is 2.00 bits per heavy atom. The van der Waals surface area contributed by atoms with Crippen molar-refractivity contribution in [2.75, 3.05) is 6.54 Å². The Bertz CT molecular complexity index is 496. The Labute approximate surface area is 92.4 Å². The molecule has 0 amide bonds. The van der Waals surface area contributed by atoms with Gasteiger partial charge in [-0.15, -0.1) is 0 Å². The van der Waals surface area contributed by atoms with E-state index in [1.54, 1.807) is 0 Å². The normalized spacial score (nSPS) is 21.2. The molecule has 1 heterocycles. The van der Waals surface area contributed by atoms with Gasteiger partial charge in [-0.1, -0.05) is 0 Å². The van der Waals surface area contributed by atoms with Crippen molar-refractivity contribution in [3.8, 4) is 0 Å². The zero-order valence-corrected chi connectivity index (χ0v) is 9.23. The average Bonchev–Trinajstić information content (AvgIpc) is 2.75. The molecule has 1 aromatic carbocycles. The fourth-order valence-corrected chi connectivity index (χ4v) is 3.40. The molecule has 16 heavy (non-hydrogen) atoms. The van der Waals surface area contributed by atoms with Crippen molar-refractivity contribution in [1.82, 2.24) is 5.32 Å². The van der Waals surface area contributed by atoms with Gasteiger partial charge in [-0.3, -0.25) is 0 Å². The summed E-state index contributed by atoms with van der Waals surface area (Å²) in [6.45, 7) is 0.633. The molecule has 88 valence electrons. The highest BCUT2D eigenvalue weighted by Crippen LogP contribution is 2.22. The highest BCUT2D eigenvalue weighted by molar-refractivity contribution is 7.92. The van der Waals surface area contributed by atoms with Crippen LogP contribution in [-0.2, 0) is 9.84 Å². The Balaban J connectivity index is 2.39. The van der Waals surface area contributed by atoms with Gasteiger partial charge in [-0.05, 0) is 37.6 Å². The summed E-state index contributed by atoms with van der Waals surface area (Å²) >= 11 is 0. The molecule has 0 bridgehead atoms. The summed E-state index contributed by atoms with van der Waals surface area (Å²) in [5.74, 6) is -2.18. The van der Waals surface area contributed by atoms with Crippen LogP contribution in [0.4, 0.5) is 8.78 Å². The van der Waals surface area contributed by atoms with Crippen LogP contribution in [0, 0.1) is 11.6 Å². The standard InChI is InChI=1S/C10H11F2NO2S/c11-8-4-3-7(6-9(8)12)16(14,15)10-2-1-5-13-10/h3-4,6,10,13H,1-2,5H2. The second-order valence-corrected chi connectivity index (χ2v) is 5.84. The SMILES string of the molecule is O=S(=O)(c1ccc(F)c(F)c1)C1CCCN1. The van der Waals surface area contributed by atoms with Gasteiger partial charge < -0.3 is 5.32 Å². The minimum atomic E-state index is -3.60. The molecule has 6 heteroatoms. The van der Waals surface area contributed by atoms with Gasteiger partial charge in [0.15, 0.2) is 21.5 Å². The molecular weight excluding hydrogens is 236 g/mol. The number of nitrogens with one attached hydrogen (secondary N) is 1. The number of rotatable bonds is 2. The molecule has 0 spiro atoms. The molecular formula is C10H11F2NO2S. The summed E-state index contributed by atoms with van der Waals surface area (Å²) in [5, 5.41) is 2.14. The van der Waals surface area contributed by atoms with E-state index in [1.807, 2.05) is 0 Å². The van der Waals surface area contributed by atoms with Gasteiger partial charge in [0.1, 0.15) is 5.37 Å². The Morgan fingerprint density at radius 1 is 1.25 bits per heavy atom. The highest BCUT2D eigenvalue weighted by atomic mass is 32.2. The van der Waals surface area contributed by atoms with Crippen molar-refractivity contribution in [1.29, 1.82) is 0 Å². The first-order valence-corrected chi connectivity index (χ1v) is 6.49. The summed E-state index contributed by atoms with van der Waals surface area (Å²) < 4.78 is 49.5. The van der Waals surface area contributed by atoms with E-state index in [4.69, 9.17) is 0 Å². The lowest BCUT2D eigenvalue weighted by molar-refractivity contribution is 0.504. The zero-order chi connectivity index (χ0) is 11.8. The van der Waals surface area contributed by atoms with Gasteiger partial charge in [-0.2, -0.15) is 0 Å². The highest BCUT2D eigenvalue weighted by Gasteiger charge is 2.30. The van der Waals surface area contributed by atoms with Gasteiger partial charge in [0.05, 0.1) is 4.90 Å². The van der Waals surface area contributed by atoms with Crippen LogP contribution in [-0.4, -0.2) is 20.3 Å². The summed E-state index contributed by atoms with van der Waals surface area (Å²) in [5.41, 5.74) is 0. The average molecular weight is 247 g/mol. The van der Waals surface area contributed by atoms with Crippen LogP contribution in [0.2, 0.25) is 0 Å². The molecule has 1 saturated heterocycles. The van der Waals surface area contributed by atoms with Gasteiger partial charge in [0, 0.05) is 0 Å². The van der Waals surface area contributed by atoms with Crippen LogP contribution < -0.4 is 5.32 Å². The summed E-state index contributed by atoms with van der Waals surface area (Å²) in [6.07, 6.45) is 1.27. The lowest BCUT2D eigenvalue weighted by Gasteiger charge is -2.11. The molecule has 1 atom stereocenters. The van der Waals surface area contributed by atoms with Gasteiger partial charge in [0.2, 0.25) is 0 Å². The molecule has 1 aliphatic rings. The number of halogens is 2. The van der Waals surface area contributed by atoms with Gasteiger partial charge in [-0.25, -0.2) is 17.2 Å². The molecule has 2 rings (SSSR count). The number of benzene rings is 1. The predicted molar refractivity (Wildman–Crippen MR) is 54.6 cm³/mol. The number of hydrogen-bond acceptors (Lipinski definition) is 3. The Morgan fingerprint density at radius 3 is 2.56 bits per heavy atom. The van der Waals surface area contributed by atoms with Gasteiger partial charge in [0.25, 0.3) is 0 Å². The molecule has 0 radical (unpaired) electrons. The first kappa shape index (κ1) is 11.5. The van der Waals surface area contributed by atoms with E-state index in [0.717, 1.165) is 24.6 Å². The van der Waals surface area contributed by atoms with Crippen molar-refractivity contribution >= 4 is 9.84 Å².